The molecule has 100 valence electrons. The van der Waals surface area contributed by atoms with Gasteiger partial charge in [-0.05, 0) is 63.6 Å². The summed E-state index contributed by atoms with van der Waals surface area (Å²) >= 11 is 1.99. The van der Waals surface area contributed by atoms with Crippen LogP contribution in [0.2, 0.25) is 0 Å². The van der Waals surface area contributed by atoms with Crippen molar-refractivity contribution < 1.29 is 0 Å². The first-order chi connectivity index (χ1) is 8.35. The maximum Gasteiger partial charge on any atom is 0.0114 e. The molecule has 1 N–H and O–H groups in total. The Bertz CT molecular complexity index is 208. The SMILES string of the molecule is CCCNC1CC2CCC(C1)N2CCCSC. The molecular formula is C14H28N2S. The van der Waals surface area contributed by atoms with Gasteiger partial charge in [0.2, 0.25) is 0 Å². The molecule has 2 unspecified atom stereocenters. The lowest BCUT2D eigenvalue weighted by molar-refractivity contribution is 0.117. The minimum Gasteiger partial charge on any atom is -0.314 e. The Morgan fingerprint density at radius 1 is 1.24 bits per heavy atom. The lowest BCUT2D eigenvalue weighted by Crippen LogP contribution is -2.49. The zero-order chi connectivity index (χ0) is 12.1. The van der Waals surface area contributed by atoms with Crippen LogP contribution in [0, 0.1) is 0 Å². The van der Waals surface area contributed by atoms with Crippen molar-refractivity contribution in [3.8, 4) is 0 Å². The van der Waals surface area contributed by atoms with E-state index in [1.807, 2.05) is 11.8 Å². The highest BCUT2D eigenvalue weighted by Crippen LogP contribution is 2.35. The quantitative estimate of drug-likeness (QED) is 0.705. The second-order valence-corrected chi connectivity index (χ2v) is 6.58. The van der Waals surface area contributed by atoms with Crippen LogP contribution in [-0.2, 0) is 0 Å². The molecule has 0 radical (unpaired) electrons. The van der Waals surface area contributed by atoms with Crippen LogP contribution >= 0.6 is 11.8 Å². The van der Waals surface area contributed by atoms with E-state index >= 15 is 0 Å². The van der Waals surface area contributed by atoms with Gasteiger partial charge >= 0.3 is 0 Å². The average molecular weight is 256 g/mol. The summed E-state index contributed by atoms with van der Waals surface area (Å²) < 4.78 is 0. The molecule has 2 fully saturated rings. The number of nitrogens with zero attached hydrogens (tertiary/aromatic N) is 1. The lowest BCUT2D eigenvalue weighted by Gasteiger charge is -2.39. The van der Waals surface area contributed by atoms with E-state index in [2.05, 4.69) is 23.4 Å². The number of hydrogen-bond donors (Lipinski definition) is 1. The smallest absolute Gasteiger partial charge is 0.0114 e. The van der Waals surface area contributed by atoms with Crippen molar-refractivity contribution in [2.24, 2.45) is 0 Å². The fourth-order valence-electron chi connectivity index (χ4n) is 3.55. The van der Waals surface area contributed by atoms with Gasteiger partial charge in [-0.2, -0.15) is 11.8 Å². The number of hydrogen-bond acceptors (Lipinski definition) is 3. The third kappa shape index (κ3) is 3.62. The first-order valence-electron chi connectivity index (χ1n) is 7.33. The highest BCUT2D eigenvalue weighted by atomic mass is 32.2. The maximum atomic E-state index is 3.73. The van der Waals surface area contributed by atoms with Gasteiger partial charge in [0.15, 0.2) is 0 Å². The molecule has 2 saturated heterocycles. The number of piperidine rings is 1. The van der Waals surface area contributed by atoms with E-state index < -0.39 is 0 Å². The molecule has 2 rings (SSSR count). The van der Waals surface area contributed by atoms with Crippen molar-refractivity contribution in [1.82, 2.24) is 10.2 Å². The van der Waals surface area contributed by atoms with E-state index in [9.17, 15) is 0 Å². The molecule has 2 nitrogen and oxygen atoms in total. The Morgan fingerprint density at radius 3 is 2.53 bits per heavy atom. The van der Waals surface area contributed by atoms with Crippen molar-refractivity contribution in [2.45, 2.75) is 63.6 Å². The van der Waals surface area contributed by atoms with Crippen LogP contribution < -0.4 is 5.32 Å². The molecule has 0 aromatic rings. The monoisotopic (exact) mass is 256 g/mol. The van der Waals surface area contributed by atoms with Crippen LogP contribution in [0.3, 0.4) is 0 Å². The number of nitrogens with one attached hydrogen (secondary N) is 1. The molecule has 3 heteroatoms. The molecule has 0 aromatic carbocycles. The maximum absolute atomic E-state index is 3.73. The Labute approximate surface area is 111 Å². The van der Waals surface area contributed by atoms with Crippen molar-refractivity contribution in [3.05, 3.63) is 0 Å². The second-order valence-electron chi connectivity index (χ2n) is 5.59. The Morgan fingerprint density at radius 2 is 1.94 bits per heavy atom. The van der Waals surface area contributed by atoms with Crippen LogP contribution in [0.15, 0.2) is 0 Å². The highest BCUT2D eigenvalue weighted by molar-refractivity contribution is 7.98. The van der Waals surface area contributed by atoms with E-state index in [1.165, 1.54) is 57.4 Å². The predicted octanol–water partition coefficient (Wildman–Crippen LogP) is 2.73. The molecule has 0 aliphatic carbocycles. The number of rotatable bonds is 7. The molecule has 2 atom stereocenters. The fraction of sp³-hybridized carbons (Fsp3) is 1.00. The van der Waals surface area contributed by atoms with E-state index in [-0.39, 0.29) is 0 Å². The highest BCUT2D eigenvalue weighted by Gasteiger charge is 2.39. The number of fused-ring (bicyclic) bond motifs is 2. The van der Waals surface area contributed by atoms with Crippen molar-refractivity contribution >= 4 is 11.8 Å². The van der Waals surface area contributed by atoms with Gasteiger partial charge in [-0.1, -0.05) is 6.92 Å². The summed E-state index contributed by atoms with van der Waals surface area (Å²) in [4.78, 5) is 2.82. The third-order valence-corrected chi connectivity index (χ3v) is 5.03. The van der Waals surface area contributed by atoms with Crippen LogP contribution in [-0.4, -0.2) is 48.1 Å². The van der Waals surface area contributed by atoms with Crippen molar-refractivity contribution in [3.63, 3.8) is 0 Å². The largest absolute Gasteiger partial charge is 0.314 e. The van der Waals surface area contributed by atoms with Gasteiger partial charge in [-0.25, -0.2) is 0 Å². The van der Waals surface area contributed by atoms with E-state index in [4.69, 9.17) is 0 Å². The Kier molecular flexibility index (Phi) is 5.64. The summed E-state index contributed by atoms with van der Waals surface area (Å²) in [6.45, 7) is 4.81. The van der Waals surface area contributed by atoms with Gasteiger partial charge in [0.1, 0.15) is 0 Å². The summed E-state index contributed by atoms with van der Waals surface area (Å²) in [6, 6.07) is 2.60. The van der Waals surface area contributed by atoms with Crippen molar-refractivity contribution in [2.75, 3.05) is 25.1 Å². The molecular weight excluding hydrogens is 228 g/mol. The van der Waals surface area contributed by atoms with E-state index in [1.54, 1.807) is 0 Å². The minimum absolute atomic E-state index is 0.809. The molecule has 0 aromatic heterocycles. The standard InChI is InChI=1S/C14H28N2S/c1-3-7-15-12-10-13-5-6-14(11-12)16(13)8-4-9-17-2/h12-15H,3-11H2,1-2H3. The molecule has 0 saturated carbocycles. The summed E-state index contributed by atoms with van der Waals surface area (Å²) in [5.41, 5.74) is 0. The van der Waals surface area contributed by atoms with Gasteiger partial charge in [-0.15, -0.1) is 0 Å². The van der Waals surface area contributed by atoms with Gasteiger partial charge in [-0.3, -0.25) is 4.90 Å². The fourth-order valence-corrected chi connectivity index (χ4v) is 3.96. The summed E-state index contributed by atoms with van der Waals surface area (Å²) in [6.07, 6.45) is 10.6. The molecule has 2 aliphatic rings. The zero-order valence-electron chi connectivity index (χ0n) is 11.5. The molecule has 2 aliphatic heterocycles. The molecule has 2 bridgehead atoms. The average Bonchev–Trinajstić information content (AvgIpc) is 2.59. The minimum atomic E-state index is 0.809. The summed E-state index contributed by atoms with van der Waals surface area (Å²) in [5, 5.41) is 3.73. The molecule has 17 heavy (non-hydrogen) atoms. The zero-order valence-corrected chi connectivity index (χ0v) is 12.3. The van der Waals surface area contributed by atoms with E-state index in [0.717, 1.165) is 18.1 Å². The predicted molar refractivity (Wildman–Crippen MR) is 77.8 cm³/mol. The Balaban J connectivity index is 1.76. The number of thioether (sulfide) groups is 1. The normalized spacial score (nSPS) is 33.2. The molecule has 2 heterocycles. The van der Waals surface area contributed by atoms with Gasteiger partial charge in [0.05, 0.1) is 0 Å². The first-order valence-corrected chi connectivity index (χ1v) is 8.72. The van der Waals surface area contributed by atoms with Crippen LogP contribution in [0.1, 0.15) is 45.4 Å². The summed E-state index contributed by atoms with van der Waals surface area (Å²) in [5.74, 6) is 1.33. The second kappa shape index (κ2) is 7.01. The van der Waals surface area contributed by atoms with Gasteiger partial charge in [0.25, 0.3) is 0 Å². The van der Waals surface area contributed by atoms with Gasteiger partial charge in [0, 0.05) is 18.1 Å². The van der Waals surface area contributed by atoms with Gasteiger partial charge < -0.3 is 5.32 Å². The van der Waals surface area contributed by atoms with Crippen LogP contribution in [0.4, 0.5) is 0 Å². The van der Waals surface area contributed by atoms with Crippen LogP contribution in [0.25, 0.3) is 0 Å². The molecule has 0 amide bonds. The third-order valence-electron chi connectivity index (χ3n) is 4.33. The lowest BCUT2D eigenvalue weighted by atomic mass is 9.97. The van der Waals surface area contributed by atoms with Crippen molar-refractivity contribution in [1.29, 1.82) is 0 Å². The molecule has 0 spiro atoms. The topological polar surface area (TPSA) is 15.3 Å². The first kappa shape index (κ1) is 13.7. The summed E-state index contributed by atoms with van der Waals surface area (Å²) in [7, 11) is 0. The Hall–Kier alpha value is 0.270. The van der Waals surface area contributed by atoms with Crippen LogP contribution in [0.5, 0.6) is 0 Å². The van der Waals surface area contributed by atoms with E-state index in [0.29, 0.717) is 0 Å².